The third-order valence-electron chi connectivity index (χ3n) is 3.59. The normalized spacial score (nSPS) is 23.2. The van der Waals surface area contributed by atoms with E-state index in [0.29, 0.717) is 6.42 Å². The second kappa shape index (κ2) is 6.02. The Hall–Kier alpha value is -0.620. The van der Waals surface area contributed by atoms with Crippen molar-refractivity contribution in [2.45, 2.75) is 38.0 Å². The number of hydrogen-bond acceptors (Lipinski definition) is 2. The van der Waals surface area contributed by atoms with Gasteiger partial charge in [0.15, 0.2) is 0 Å². The fourth-order valence-corrected chi connectivity index (χ4v) is 3.42. The van der Waals surface area contributed by atoms with E-state index in [0.717, 1.165) is 16.4 Å². The van der Waals surface area contributed by atoms with Crippen LogP contribution in [0.3, 0.4) is 0 Å². The zero-order chi connectivity index (χ0) is 13.1. The maximum atomic E-state index is 11.9. The van der Waals surface area contributed by atoms with Gasteiger partial charge in [0.05, 0.1) is 12.1 Å². The summed E-state index contributed by atoms with van der Waals surface area (Å²) in [4.78, 5) is 13.8. The van der Waals surface area contributed by atoms with E-state index in [4.69, 9.17) is 0 Å². The van der Waals surface area contributed by atoms with Crippen LogP contribution >= 0.6 is 22.6 Å². The second-order valence-corrected chi connectivity index (χ2v) is 5.62. The Morgan fingerprint density at radius 1 is 1.44 bits per heavy atom. The fraction of sp³-hybridized carbons (Fsp3) is 0.500. The molecule has 0 unspecified atom stereocenters. The van der Waals surface area contributed by atoms with Crippen molar-refractivity contribution in [2.75, 3.05) is 4.43 Å². The van der Waals surface area contributed by atoms with E-state index in [1.807, 2.05) is 42.2 Å². The molecule has 0 spiro atoms. The van der Waals surface area contributed by atoms with Crippen molar-refractivity contribution in [1.29, 1.82) is 0 Å². The lowest BCUT2D eigenvalue weighted by Gasteiger charge is -2.33. The fourth-order valence-electron chi connectivity index (χ4n) is 2.55. The van der Waals surface area contributed by atoms with Gasteiger partial charge in [-0.3, -0.25) is 4.79 Å². The Balaban J connectivity index is 2.15. The van der Waals surface area contributed by atoms with Gasteiger partial charge in [0, 0.05) is 16.9 Å². The summed E-state index contributed by atoms with van der Waals surface area (Å²) < 4.78 is 0.926. The predicted molar refractivity (Wildman–Crippen MR) is 79.6 cm³/mol. The number of aliphatic hydroxyl groups is 1. The Bertz CT molecular complexity index is 410. The van der Waals surface area contributed by atoms with Gasteiger partial charge in [-0.05, 0) is 18.9 Å². The van der Waals surface area contributed by atoms with Crippen LogP contribution < -0.4 is 0 Å². The number of nitrogens with zero attached hydrogens (tertiary/aromatic N) is 1. The van der Waals surface area contributed by atoms with Crippen LogP contribution in [0.4, 0.5) is 0 Å². The molecule has 0 saturated carbocycles. The minimum absolute atomic E-state index is 0.165. The summed E-state index contributed by atoms with van der Waals surface area (Å²) in [5.74, 6) is 0.166. The number of rotatable bonds is 4. The van der Waals surface area contributed by atoms with E-state index < -0.39 is 6.10 Å². The highest BCUT2D eigenvalue weighted by atomic mass is 127. The Labute approximate surface area is 121 Å². The molecule has 1 fully saturated rings. The first kappa shape index (κ1) is 13.8. The smallest absolute Gasteiger partial charge is 0.223 e. The van der Waals surface area contributed by atoms with Gasteiger partial charge in [-0.25, -0.2) is 0 Å². The summed E-state index contributed by atoms with van der Waals surface area (Å²) in [5.41, 5.74) is 0.872. The Morgan fingerprint density at radius 3 is 2.72 bits per heavy atom. The van der Waals surface area contributed by atoms with Crippen molar-refractivity contribution < 1.29 is 9.90 Å². The minimum Gasteiger partial charge on any atom is -0.386 e. The summed E-state index contributed by atoms with van der Waals surface area (Å²) >= 11 is 2.31. The van der Waals surface area contributed by atoms with Crippen molar-refractivity contribution in [1.82, 2.24) is 4.90 Å². The number of carbonyl (C=O) groups is 1. The molecule has 1 aliphatic heterocycles. The van der Waals surface area contributed by atoms with E-state index in [1.165, 1.54) is 0 Å². The molecule has 1 saturated heterocycles. The highest BCUT2D eigenvalue weighted by molar-refractivity contribution is 14.1. The number of likely N-dealkylation sites (tertiary alicyclic amines) is 1. The number of aliphatic hydroxyl groups excluding tert-OH is 1. The van der Waals surface area contributed by atoms with Crippen LogP contribution in [0.25, 0.3) is 0 Å². The molecular formula is C14H18INO2. The maximum Gasteiger partial charge on any atom is 0.223 e. The molecule has 0 radical (unpaired) electrons. The average Bonchev–Trinajstić information content (AvgIpc) is 2.79. The quantitative estimate of drug-likeness (QED) is 0.663. The van der Waals surface area contributed by atoms with Crippen molar-refractivity contribution in [3.63, 3.8) is 0 Å². The zero-order valence-corrected chi connectivity index (χ0v) is 12.6. The Kier molecular flexibility index (Phi) is 4.61. The zero-order valence-electron chi connectivity index (χ0n) is 10.4. The minimum atomic E-state index is -0.612. The van der Waals surface area contributed by atoms with E-state index in [1.54, 1.807) is 0 Å². The third-order valence-corrected chi connectivity index (χ3v) is 4.60. The monoisotopic (exact) mass is 359 g/mol. The molecule has 1 amide bonds. The van der Waals surface area contributed by atoms with Gasteiger partial charge in [-0.1, -0.05) is 52.9 Å². The molecule has 2 rings (SSSR count). The van der Waals surface area contributed by atoms with Gasteiger partial charge < -0.3 is 10.0 Å². The summed E-state index contributed by atoms with van der Waals surface area (Å²) in [6.07, 6.45) is 0.909. The molecule has 98 valence electrons. The van der Waals surface area contributed by atoms with Crippen LogP contribution in [-0.4, -0.2) is 32.4 Å². The lowest BCUT2D eigenvalue weighted by molar-refractivity contribution is -0.133. The van der Waals surface area contributed by atoms with E-state index in [2.05, 4.69) is 22.6 Å². The topological polar surface area (TPSA) is 40.5 Å². The molecule has 0 aromatic heterocycles. The van der Waals surface area contributed by atoms with Crippen molar-refractivity contribution >= 4 is 28.5 Å². The molecule has 1 aromatic carbocycles. The lowest BCUT2D eigenvalue weighted by Crippen LogP contribution is -2.44. The highest BCUT2D eigenvalue weighted by Crippen LogP contribution is 2.29. The van der Waals surface area contributed by atoms with E-state index in [-0.39, 0.29) is 18.0 Å². The molecular weight excluding hydrogens is 341 g/mol. The molecule has 4 heteroatoms. The van der Waals surface area contributed by atoms with Gasteiger partial charge in [0.2, 0.25) is 5.91 Å². The predicted octanol–water partition coefficient (Wildman–Crippen LogP) is 2.53. The van der Waals surface area contributed by atoms with Crippen molar-refractivity contribution in [3.05, 3.63) is 35.9 Å². The lowest BCUT2D eigenvalue weighted by atomic mass is 10.0. The van der Waals surface area contributed by atoms with Gasteiger partial charge >= 0.3 is 0 Å². The maximum absolute atomic E-state index is 11.9. The van der Waals surface area contributed by atoms with Crippen LogP contribution in [0.5, 0.6) is 0 Å². The van der Waals surface area contributed by atoms with Gasteiger partial charge in [-0.2, -0.15) is 0 Å². The number of hydrogen-bond donors (Lipinski definition) is 1. The first-order valence-electron chi connectivity index (χ1n) is 6.25. The van der Waals surface area contributed by atoms with Crippen molar-refractivity contribution in [3.8, 4) is 0 Å². The number of carbonyl (C=O) groups excluding carboxylic acids is 1. The van der Waals surface area contributed by atoms with E-state index >= 15 is 0 Å². The molecule has 1 N–H and O–H groups in total. The SMILES string of the molecule is C[C@@H]([C@H](O)c1ccccc1)N1C(=O)CC[C@H]1CI. The van der Waals surface area contributed by atoms with Crippen molar-refractivity contribution in [2.24, 2.45) is 0 Å². The van der Waals surface area contributed by atoms with E-state index in [9.17, 15) is 9.90 Å². The number of halogens is 1. The molecule has 0 aliphatic carbocycles. The number of benzene rings is 1. The summed E-state index contributed by atoms with van der Waals surface area (Å²) in [5, 5.41) is 10.4. The summed E-state index contributed by atoms with van der Waals surface area (Å²) in [6.45, 7) is 1.93. The van der Waals surface area contributed by atoms with Gasteiger partial charge in [0.1, 0.15) is 0 Å². The summed E-state index contributed by atoms with van der Waals surface area (Å²) in [7, 11) is 0. The largest absolute Gasteiger partial charge is 0.386 e. The molecule has 1 aliphatic rings. The first-order valence-corrected chi connectivity index (χ1v) is 7.78. The third kappa shape index (κ3) is 2.69. The number of alkyl halides is 1. The summed E-state index contributed by atoms with van der Waals surface area (Å²) in [6, 6.07) is 9.66. The van der Waals surface area contributed by atoms with Crippen LogP contribution in [0, 0.1) is 0 Å². The van der Waals surface area contributed by atoms with Crippen LogP contribution in [0.1, 0.15) is 31.4 Å². The molecule has 1 aromatic rings. The molecule has 0 bridgehead atoms. The first-order chi connectivity index (χ1) is 8.65. The molecule has 18 heavy (non-hydrogen) atoms. The Morgan fingerprint density at radius 2 is 2.11 bits per heavy atom. The van der Waals surface area contributed by atoms with Crippen LogP contribution in [-0.2, 0) is 4.79 Å². The molecule has 3 nitrogen and oxygen atoms in total. The van der Waals surface area contributed by atoms with Gasteiger partial charge in [0.25, 0.3) is 0 Å². The number of amides is 1. The van der Waals surface area contributed by atoms with Crippen LogP contribution in [0.15, 0.2) is 30.3 Å². The average molecular weight is 359 g/mol. The molecule has 3 atom stereocenters. The van der Waals surface area contributed by atoms with Gasteiger partial charge in [-0.15, -0.1) is 0 Å². The highest BCUT2D eigenvalue weighted by Gasteiger charge is 2.36. The van der Waals surface area contributed by atoms with Crippen LogP contribution in [0.2, 0.25) is 0 Å². The standard InChI is InChI=1S/C14H18INO2/c1-10(14(18)11-5-3-2-4-6-11)16-12(9-15)7-8-13(16)17/h2-6,10,12,14,18H,7-9H2,1H3/t10-,12-,14-/m0/s1. The second-order valence-electron chi connectivity index (χ2n) is 4.74. The molecule has 1 heterocycles.